The molecule has 2 N–H and O–H groups in total. The smallest absolute Gasteiger partial charge is 0.324 e. The number of rotatable bonds is 4. The van der Waals surface area contributed by atoms with Gasteiger partial charge in [0.15, 0.2) is 0 Å². The lowest BCUT2D eigenvalue weighted by Gasteiger charge is -2.17. The van der Waals surface area contributed by atoms with Gasteiger partial charge in [-0.15, -0.1) is 0 Å². The van der Waals surface area contributed by atoms with Crippen LogP contribution in [-0.2, 0) is 6.18 Å². The van der Waals surface area contributed by atoms with Gasteiger partial charge in [-0.05, 0) is 18.1 Å². The number of nitrogens with two attached hydrogens (primary N) is 1. The van der Waals surface area contributed by atoms with E-state index in [-0.39, 0.29) is 5.02 Å². The van der Waals surface area contributed by atoms with Gasteiger partial charge in [0.2, 0.25) is 0 Å². The van der Waals surface area contributed by atoms with Crippen LogP contribution in [0.4, 0.5) is 13.2 Å². The van der Waals surface area contributed by atoms with Gasteiger partial charge in [0.1, 0.15) is 0 Å². The maximum atomic E-state index is 12.6. The van der Waals surface area contributed by atoms with Crippen molar-refractivity contribution < 1.29 is 13.2 Å². The van der Waals surface area contributed by atoms with E-state index in [9.17, 15) is 13.2 Å². The van der Waals surface area contributed by atoms with Crippen LogP contribution in [0.2, 0.25) is 5.02 Å². The molecule has 0 spiro atoms. The van der Waals surface area contributed by atoms with E-state index in [1.54, 1.807) is 6.07 Å². The van der Waals surface area contributed by atoms with Crippen LogP contribution in [-0.4, -0.2) is 0 Å². The summed E-state index contributed by atoms with van der Waals surface area (Å²) in [7, 11) is 0. The van der Waals surface area contributed by atoms with Crippen molar-refractivity contribution in [3.63, 3.8) is 0 Å². The minimum absolute atomic E-state index is 0.274. The van der Waals surface area contributed by atoms with Crippen LogP contribution in [0.3, 0.4) is 0 Å². The van der Waals surface area contributed by atoms with Gasteiger partial charge in [0.05, 0.1) is 10.6 Å². The number of alkyl halides is 3. The van der Waals surface area contributed by atoms with Gasteiger partial charge < -0.3 is 5.73 Å². The third-order valence-corrected chi connectivity index (χ3v) is 3.02. The zero-order valence-electron chi connectivity index (χ0n) is 9.52. The predicted octanol–water partition coefficient (Wildman–Crippen LogP) is 4.55. The van der Waals surface area contributed by atoms with Gasteiger partial charge in [-0.3, -0.25) is 0 Å². The first-order valence-electron chi connectivity index (χ1n) is 5.49. The largest absolute Gasteiger partial charge is 0.417 e. The number of hydrogen-bond donors (Lipinski definition) is 1. The standard InChI is InChI=1S/C12H15ClF3N/c1-2-3-7-10(17)8-5-4-6-9(11(8)13)12(14,15)16/h4-6,10H,2-3,7,17H2,1H3/t10-/m0/s1. The third kappa shape index (κ3) is 3.61. The van der Waals surface area contributed by atoms with Crippen molar-refractivity contribution in [1.29, 1.82) is 0 Å². The average Bonchev–Trinajstić information content (AvgIpc) is 2.24. The molecule has 0 aliphatic rings. The van der Waals surface area contributed by atoms with Gasteiger partial charge in [-0.2, -0.15) is 13.2 Å². The van der Waals surface area contributed by atoms with E-state index in [2.05, 4.69) is 0 Å². The Bertz CT molecular complexity index is 377. The van der Waals surface area contributed by atoms with E-state index in [0.29, 0.717) is 12.0 Å². The summed E-state index contributed by atoms with van der Waals surface area (Å²) in [6.07, 6.45) is -1.98. The van der Waals surface area contributed by atoms with Gasteiger partial charge in [0.25, 0.3) is 0 Å². The molecule has 0 radical (unpaired) electrons. The van der Waals surface area contributed by atoms with Crippen LogP contribution in [0.5, 0.6) is 0 Å². The molecule has 1 nitrogen and oxygen atoms in total. The van der Waals surface area contributed by atoms with Gasteiger partial charge in [-0.25, -0.2) is 0 Å². The Kier molecular flexibility index (Phi) is 4.83. The highest BCUT2D eigenvalue weighted by molar-refractivity contribution is 6.32. The van der Waals surface area contributed by atoms with Crippen LogP contribution in [0, 0.1) is 0 Å². The SMILES string of the molecule is CCCC[C@H](N)c1cccc(C(F)(F)F)c1Cl. The second-order valence-corrected chi connectivity index (χ2v) is 4.33. The van der Waals surface area contributed by atoms with E-state index in [0.717, 1.165) is 18.9 Å². The first kappa shape index (κ1) is 14.3. The molecule has 0 heterocycles. The molecular weight excluding hydrogens is 251 g/mol. The van der Waals surface area contributed by atoms with Gasteiger partial charge >= 0.3 is 6.18 Å². The van der Waals surface area contributed by atoms with Crippen molar-refractivity contribution in [2.75, 3.05) is 0 Å². The number of benzene rings is 1. The minimum atomic E-state index is -4.43. The molecular formula is C12H15ClF3N. The molecule has 1 atom stereocenters. The quantitative estimate of drug-likeness (QED) is 0.849. The molecule has 0 fully saturated rings. The zero-order valence-corrected chi connectivity index (χ0v) is 10.3. The first-order valence-corrected chi connectivity index (χ1v) is 5.87. The van der Waals surface area contributed by atoms with Crippen molar-refractivity contribution >= 4 is 11.6 Å². The Balaban J connectivity index is 3.02. The van der Waals surface area contributed by atoms with Crippen LogP contribution in [0.15, 0.2) is 18.2 Å². The normalized spacial score (nSPS) is 13.8. The summed E-state index contributed by atoms with van der Waals surface area (Å²) in [4.78, 5) is 0. The molecule has 0 aliphatic carbocycles. The molecule has 17 heavy (non-hydrogen) atoms. The number of unbranched alkanes of at least 4 members (excludes halogenated alkanes) is 1. The molecule has 1 rings (SSSR count). The van der Waals surface area contributed by atoms with E-state index in [1.165, 1.54) is 6.07 Å². The summed E-state index contributed by atoms with van der Waals surface area (Å²) in [6.45, 7) is 2.00. The molecule has 0 bridgehead atoms. The Morgan fingerprint density at radius 1 is 1.35 bits per heavy atom. The number of halogens is 4. The summed E-state index contributed by atoms with van der Waals surface area (Å²) >= 11 is 5.77. The van der Waals surface area contributed by atoms with Crippen molar-refractivity contribution in [3.8, 4) is 0 Å². The molecule has 1 aromatic carbocycles. The molecule has 0 saturated carbocycles. The first-order chi connectivity index (χ1) is 7.88. The summed E-state index contributed by atoms with van der Waals surface area (Å²) in [5, 5.41) is -0.274. The van der Waals surface area contributed by atoms with Gasteiger partial charge in [-0.1, -0.05) is 43.5 Å². The monoisotopic (exact) mass is 265 g/mol. The van der Waals surface area contributed by atoms with Crippen molar-refractivity contribution in [3.05, 3.63) is 34.3 Å². The summed E-state index contributed by atoms with van der Waals surface area (Å²) < 4.78 is 37.9. The lowest BCUT2D eigenvalue weighted by atomic mass is 9.99. The van der Waals surface area contributed by atoms with Crippen molar-refractivity contribution in [1.82, 2.24) is 0 Å². The maximum Gasteiger partial charge on any atom is 0.417 e. The Hall–Kier alpha value is -0.740. The zero-order chi connectivity index (χ0) is 13.1. The second-order valence-electron chi connectivity index (χ2n) is 3.96. The molecule has 0 unspecified atom stereocenters. The fourth-order valence-electron chi connectivity index (χ4n) is 1.63. The van der Waals surface area contributed by atoms with E-state index in [4.69, 9.17) is 17.3 Å². The molecule has 96 valence electrons. The maximum absolute atomic E-state index is 12.6. The van der Waals surface area contributed by atoms with Gasteiger partial charge in [0, 0.05) is 6.04 Å². The van der Waals surface area contributed by atoms with E-state index in [1.807, 2.05) is 6.92 Å². The summed E-state index contributed by atoms with van der Waals surface area (Å²) in [5.74, 6) is 0. The highest BCUT2D eigenvalue weighted by Gasteiger charge is 2.34. The Morgan fingerprint density at radius 2 is 2.00 bits per heavy atom. The van der Waals surface area contributed by atoms with Crippen LogP contribution < -0.4 is 5.73 Å². The van der Waals surface area contributed by atoms with Crippen LogP contribution in [0.1, 0.15) is 43.4 Å². The minimum Gasteiger partial charge on any atom is -0.324 e. The van der Waals surface area contributed by atoms with Crippen LogP contribution >= 0.6 is 11.6 Å². The molecule has 0 amide bonds. The highest BCUT2D eigenvalue weighted by Crippen LogP contribution is 2.38. The van der Waals surface area contributed by atoms with Crippen molar-refractivity contribution in [2.45, 2.75) is 38.4 Å². The Morgan fingerprint density at radius 3 is 2.53 bits per heavy atom. The topological polar surface area (TPSA) is 26.0 Å². The van der Waals surface area contributed by atoms with Crippen LogP contribution in [0.25, 0.3) is 0 Å². The molecule has 1 aromatic rings. The predicted molar refractivity (Wildman–Crippen MR) is 62.9 cm³/mol. The average molecular weight is 266 g/mol. The summed E-state index contributed by atoms with van der Waals surface area (Å²) in [5.41, 5.74) is 5.40. The highest BCUT2D eigenvalue weighted by atomic mass is 35.5. The second kappa shape index (κ2) is 5.74. The van der Waals surface area contributed by atoms with Crippen molar-refractivity contribution in [2.24, 2.45) is 5.73 Å². The summed E-state index contributed by atoms with van der Waals surface area (Å²) in [6, 6.07) is 3.43. The number of hydrogen-bond acceptors (Lipinski definition) is 1. The lowest BCUT2D eigenvalue weighted by Crippen LogP contribution is -2.14. The third-order valence-electron chi connectivity index (χ3n) is 2.60. The Labute approximate surface area is 104 Å². The fourth-order valence-corrected chi connectivity index (χ4v) is 2.01. The molecule has 5 heteroatoms. The molecule has 0 saturated heterocycles. The van der Waals surface area contributed by atoms with E-state index < -0.39 is 17.8 Å². The molecule has 0 aromatic heterocycles. The fraction of sp³-hybridized carbons (Fsp3) is 0.500. The molecule has 0 aliphatic heterocycles. The van der Waals surface area contributed by atoms with E-state index >= 15 is 0 Å². The lowest BCUT2D eigenvalue weighted by molar-refractivity contribution is -0.137.